The van der Waals surface area contributed by atoms with Crippen molar-refractivity contribution in [2.45, 2.75) is 102 Å². The van der Waals surface area contributed by atoms with Gasteiger partial charge < -0.3 is 40.7 Å². The third-order valence-electron chi connectivity index (χ3n) is 11.0. The molecule has 5 atom stereocenters. The summed E-state index contributed by atoms with van der Waals surface area (Å²) in [5.41, 5.74) is 2.33. The molecule has 6 amide bonds. The van der Waals surface area contributed by atoms with E-state index in [9.17, 15) is 33.9 Å². The highest BCUT2D eigenvalue weighted by Crippen LogP contribution is 2.23. The van der Waals surface area contributed by atoms with E-state index < -0.39 is 72.1 Å². The van der Waals surface area contributed by atoms with Gasteiger partial charge in [0.25, 0.3) is 11.8 Å². The summed E-state index contributed by atoms with van der Waals surface area (Å²) in [4.78, 5) is 83.4. The highest BCUT2D eigenvalue weighted by Gasteiger charge is 2.41. The maximum atomic E-state index is 13.8. The van der Waals surface area contributed by atoms with Crippen LogP contribution in [0.25, 0.3) is 0 Å². The lowest BCUT2D eigenvalue weighted by atomic mass is 9.99. The fourth-order valence-corrected chi connectivity index (χ4v) is 7.86. The number of hydrogen-bond acceptors (Lipinski definition) is 9. The molecule has 2 saturated heterocycles. The van der Waals surface area contributed by atoms with E-state index in [1.807, 2.05) is 112 Å². The largest absolute Gasteiger partial charge is 0.484 e. The molecule has 2 aliphatic heterocycles. The number of amides is 6. The number of ether oxygens (including phenoxy) is 2. The number of rotatable bonds is 17. The summed E-state index contributed by atoms with van der Waals surface area (Å²) in [5, 5.41) is 22.8. The highest BCUT2D eigenvalue weighted by atomic mass is 16.6. The Bertz CT molecular complexity index is 2200. The van der Waals surface area contributed by atoms with Gasteiger partial charge >= 0.3 is 6.09 Å². The fourth-order valence-electron chi connectivity index (χ4n) is 7.86. The summed E-state index contributed by atoms with van der Waals surface area (Å²) in [6.07, 6.45) is 0.206. The van der Waals surface area contributed by atoms with E-state index in [0.29, 0.717) is 50.2 Å². The van der Waals surface area contributed by atoms with Crippen molar-refractivity contribution in [2.75, 3.05) is 25.0 Å². The molecule has 4 aromatic rings. The molecule has 5 N–H and O–H groups in total. The van der Waals surface area contributed by atoms with Crippen molar-refractivity contribution in [3.8, 4) is 5.75 Å². The Hall–Kier alpha value is -6.74. The van der Waals surface area contributed by atoms with Crippen molar-refractivity contribution in [2.24, 2.45) is 0 Å². The molecule has 0 spiro atoms. The van der Waals surface area contributed by atoms with Crippen molar-refractivity contribution < 1.29 is 43.3 Å². The molecule has 0 aromatic heterocycles. The van der Waals surface area contributed by atoms with Crippen LogP contribution in [-0.2, 0) is 48.2 Å². The molecule has 6 rings (SSSR count). The van der Waals surface area contributed by atoms with Crippen LogP contribution in [0.4, 0.5) is 10.5 Å². The number of carbonyl (C=O) groups excluding carboxylic acids is 6. The van der Waals surface area contributed by atoms with Gasteiger partial charge in [0, 0.05) is 30.7 Å². The Morgan fingerprint density at radius 2 is 1.23 bits per heavy atom. The van der Waals surface area contributed by atoms with Gasteiger partial charge in [-0.15, -0.1) is 0 Å². The third kappa shape index (κ3) is 13.4. The molecule has 0 radical (unpaired) electrons. The topological polar surface area (TPSA) is 196 Å². The van der Waals surface area contributed by atoms with E-state index in [1.165, 1.54) is 9.80 Å². The van der Waals surface area contributed by atoms with Crippen LogP contribution >= 0.6 is 0 Å². The van der Waals surface area contributed by atoms with E-state index in [-0.39, 0.29) is 25.4 Å². The van der Waals surface area contributed by atoms with Gasteiger partial charge in [0.15, 0.2) is 12.7 Å². The van der Waals surface area contributed by atoms with Crippen molar-refractivity contribution >= 4 is 41.3 Å². The molecular weight excluding hydrogens is 817 g/mol. The van der Waals surface area contributed by atoms with Gasteiger partial charge in [-0.05, 0) is 93.8 Å². The van der Waals surface area contributed by atoms with Gasteiger partial charge in [0.1, 0.15) is 30.5 Å². The number of hydrogen-bond donors (Lipinski definition) is 5. The molecule has 0 saturated carbocycles. The summed E-state index contributed by atoms with van der Waals surface area (Å²) < 4.78 is 11.3. The van der Waals surface area contributed by atoms with Gasteiger partial charge in [-0.1, -0.05) is 91.0 Å². The lowest BCUT2D eigenvalue weighted by Crippen LogP contribution is -2.57. The molecule has 64 heavy (non-hydrogen) atoms. The van der Waals surface area contributed by atoms with E-state index in [0.717, 1.165) is 16.7 Å². The summed E-state index contributed by atoms with van der Waals surface area (Å²) in [7, 11) is 0. The van der Waals surface area contributed by atoms with Gasteiger partial charge in [0.05, 0.1) is 6.04 Å². The van der Waals surface area contributed by atoms with E-state index in [2.05, 4.69) is 21.3 Å². The quantitative estimate of drug-likeness (QED) is 0.101. The van der Waals surface area contributed by atoms with Crippen LogP contribution < -0.4 is 26.0 Å². The molecule has 0 aliphatic carbocycles. The maximum absolute atomic E-state index is 13.8. The standard InChI is InChI=1S/C49H58N6O9/c1-49(2,3)53-46(60)41-22-13-27-54(41)47(61)43(57)38(29-33-15-7-4-8-16-33)51-42(56)32-63-37-25-23-36(24-26-37)50-44(58)39(30-34-17-9-5-10-18-34)52-45(59)40-21-14-28-55(40)48(62)64-31-35-19-11-6-12-20-35/h4-12,15-20,23-26,38-41,43,57H,13-14,21-22,27-32H2,1-3H3,(H,50,58)(H,51,56)(H,52,59)(H,53,60)/t38-,39+,40-,41-,43-/m0/s1. The van der Waals surface area contributed by atoms with Crippen molar-refractivity contribution in [1.29, 1.82) is 0 Å². The van der Waals surface area contributed by atoms with Crippen molar-refractivity contribution in [3.05, 3.63) is 132 Å². The number of nitrogens with zero attached hydrogens (tertiary/aromatic N) is 2. The number of carbonyl (C=O) groups is 6. The minimum atomic E-state index is -1.64. The van der Waals surface area contributed by atoms with E-state index in [1.54, 1.807) is 24.3 Å². The number of aliphatic hydroxyl groups excluding tert-OH is 1. The van der Waals surface area contributed by atoms with Crippen LogP contribution in [0.2, 0.25) is 0 Å². The van der Waals surface area contributed by atoms with Crippen LogP contribution in [0.3, 0.4) is 0 Å². The number of anilines is 1. The number of aliphatic hydroxyl groups is 1. The lowest BCUT2D eigenvalue weighted by molar-refractivity contribution is -0.147. The number of nitrogens with one attached hydrogen (secondary N) is 4. The average molecular weight is 875 g/mol. The van der Waals surface area contributed by atoms with Gasteiger partial charge in [0.2, 0.25) is 17.7 Å². The normalized spacial score (nSPS) is 17.4. The first-order valence-electron chi connectivity index (χ1n) is 21.7. The molecule has 15 nitrogen and oxygen atoms in total. The first kappa shape index (κ1) is 46.8. The van der Waals surface area contributed by atoms with Crippen LogP contribution in [0.5, 0.6) is 5.75 Å². The van der Waals surface area contributed by atoms with Crippen LogP contribution in [-0.4, -0.2) is 106 Å². The summed E-state index contributed by atoms with van der Waals surface area (Å²) in [5.74, 6) is -2.15. The molecule has 2 aliphatic rings. The van der Waals surface area contributed by atoms with Crippen LogP contribution in [0.1, 0.15) is 63.1 Å². The second-order valence-corrected chi connectivity index (χ2v) is 17.2. The third-order valence-corrected chi connectivity index (χ3v) is 11.0. The fraction of sp³-hybridized carbons (Fsp3) is 0.388. The molecule has 0 unspecified atom stereocenters. The Morgan fingerprint density at radius 3 is 1.83 bits per heavy atom. The van der Waals surface area contributed by atoms with Gasteiger partial charge in [-0.3, -0.25) is 28.9 Å². The predicted molar refractivity (Wildman–Crippen MR) is 240 cm³/mol. The summed E-state index contributed by atoms with van der Waals surface area (Å²) in [6.45, 7) is 5.86. The monoisotopic (exact) mass is 874 g/mol. The smallest absolute Gasteiger partial charge is 0.410 e. The highest BCUT2D eigenvalue weighted by molar-refractivity contribution is 5.98. The average Bonchev–Trinajstić information content (AvgIpc) is 3.99. The second-order valence-electron chi connectivity index (χ2n) is 17.2. The predicted octanol–water partition coefficient (Wildman–Crippen LogP) is 4.53. The molecular formula is C49H58N6O9. The molecule has 0 bridgehead atoms. The summed E-state index contributed by atoms with van der Waals surface area (Å²) >= 11 is 0. The van der Waals surface area contributed by atoms with E-state index in [4.69, 9.17) is 9.47 Å². The Labute approximate surface area is 373 Å². The van der Waals surface area contributed by atoms with E-state index >= 15 is 0 Å². The number of benzene rings is 4. The van der Waals surface area contributed by atoms with Crippen molar-refractivity contribution in [3.63, 3.8) is 0 Å². The Balaban J connectivity index is 1.05. The molecule has 2 heterocycles. The SMILES string of the molecule is CC(C)(C)NC(=O)[C@@H]1CCCN1C(=O)[C@@H](O)[C@H](Cc1ccccc1)NC(=O)COc1ccc(NC(=O)[C@@H](Cc2ccccc2)NC(=O)[C@@H]2CCCN2C(=O)OCc2ccccc2)cc1. The minimum Gasteiger partial charge on any atom is -0.484 e. The maximum Gasteiger partial charge on any atom is 0.410 e. The van der Waals surface area contributed by atoms with Crippen LogP contribution in [0, 0.1) is 0 Å². The molecule has 2 fully saturated rings. The lowest BCUT2D eigenvalue weighted by Gasteiger charge is -2.32. The second kappa shape index (κ2) is 22.1. The zero-order chi connectivity index (χ0) is 45.6. The Kier molecular flexibility index (Phi) is 16.1. The first-order valence-corrected chi connectivity index (χ1v) is 21.7. The number of likely N-dealkylation sites (tertiary alicyclic amines) is 2. The van der Waals surface area contributed by atoms with Gasteiger partial charge in [-0.25, -0.2) is 4.79 Å². The zero-order valence-electron chi connectivity index (χ0n) is 36.5. The van der Waals surface area contributed by atoms with Gasteiger partial charge in [-0.2, -0.15) is 0 Å². The minimum absolute atomic E-state index is 0.0723. The van der Waals surface area contributed by atoms with Crippen molar-refractivity contribution in [1.82, 2.24) is 25.8 Å². The molecule has 15 heteroatoms. The summed E-state index contributed by atoms with van der Waals surface area (Å²) in [6, 6.07) is 30.5. The molecule has 338 valence electrons. The zero-order valence-corrected chi connectivity index (χ0v) is 36.5. The molecule has 4 aromatic carbocycles. The Morgan fingerprint density at radius 1 is 0.688 bits per heavy atom. The first-order chi connectivity index (χ1) is 30.7. The van der Waals surface area contributed by atoms with Crippen LogP contribution in [0.15, 0.2) is 115 Å².